The summed E-state index contributed by atoms with van der Waals surface area (Å²) in [4.78, 5) is 0. The molecule has 0 saturated heterocycles. The Hall–Kier alpha value is -1.96. The number of methoxy groups -OCH3 is 2. The molecule has 0 bridgehead atoms. The van der Waals surface area contributed by atoms with Gasteiger partial charge in [0.25, 0.3) is 0 Å². The zero-order valence-corrected chi connectivity index (χ0v) is 13.4. The van der Waals surface area contributed by atoms with Gasteiger partial charge in [0.05, 0.1) is 19.8 Å². The van der Waals surface area contributed by atoms with Crippen LogP contribution in [0.1, 0.15) is 31.4 Å². The van der Waals surface area contributed by atoms with E-state index >= 15 is 0 Å². The van der Waals surface area contributed by atoms with Gasteiger partial charge in [-0.15, -0.1) is 0 Å². The summed E-state index contributed by atoms with van der Waals surface area (Å²) in [6.45, 7) is 4.33. The molecule has 0 aliphatic carbocycles. The van der Waals surface area contributed by atoms with Gasteiger partial charge in [-0.1, -0.05) is 44.5 Å². The molecule has 112 valence electrons. The molecule has 0 atom stereocenters. The first-order chi connectivity index (χ1) is 10.2. The van der Waals surface area contributed by atoms with Crippen LogP contribution in [0.25, 0.3) is 11.1 Å². The lowest BCUT2D eigenvalue weighted by molar-refractivity contribution is 0.396. The van der Waals surface area contributed by atoms with Crippen molar-refractivity contribution < 1.29 is 9.47 Å². The molecular weight excluding hydrogens is 260 g/mol. The molecule has 0 saturated carbocycles. The van der Waals surface area contributed by atoms with Gasteiger partial charge in [0.2, 0.25) is 0 Å². The minimum absolute atomic E-state index is 0.870. The summed E-state index contributed by atoms with van der Waals surface area (Å²) in [5.74, 6) is 1.74. The Balaban J connectivity index is 2.50. The van der Waals surface area contributed by atoms with Crippen molar-refractivity contribution >= 4 is 0 Å². The normalized spacial score (nSPS) is 10.5. The van der Waals surface area contributed by atoms with Gasteiger partial charge in [0.1, 0.15) is 11.5 Å². The number of hydrogen-bond donors (Lipinski definition) is 0. The zero-order valence-electron chi connectivity index (χ0n) is 13.4. The van der Waals surface area contributed by atoms with E-state index in [-0.39, 0.29) is 0 Å². The summed E-state index contributed by atoms with van der Waals surface area (Å²) in [6, 6.07) is 12.9. The largest absolute Gasteiger partial charge is 0.496 e. The van der Waals surface area contributed by atoms with E-state index in [0.29, 0.717) is 0 Å². The maximum absolute atomic E-state index is 5.58. The first-order valence-corrected chi connectivity index (χ1v) is 7.57. The third kappa shape index (κ3) is 3.38. The predicted octanol–water partition coefficient (Wildman–Crippen LogP) is 4.89. The van der Waals surface area contributed by atoms with Crippen molar-refractivity contribution in [2.24, 2.45) is 0 Å². The smallest absolute Gasteiger partial charge is 0.130 e. The molecule has 2 aromatic rings. The Morgan fingerprint density at radius 2 is 1.38 bits per heavy atom. The lowest BCUT2D eigenvalue weighted by atomic mass is 9.98. The van der Waals surface area contributed by atoms with E-state index < -0.39 is 0 Å². The van der Waals surface area contributed by atoms with E-state index in [1.54, 1.807) is 14.2 Å². The fraction of sp³-hybridized carbons (Fsp3) is 0.368. The van der Waals surface area contributed by atoms with Crippen LogP contribution < -0.4 is 9.47 Å². The molecule has 0 N–H and O–H groups in total. The van der Waals surface area contributed by atoms with E-state index in [1.807, 2.05) is 0 Å². The van der Waals surface area contributed by atoms with Gasteiger partial charge >= 0.3 is 0 Å². The second kappa shape index (κ2) is 7.16. The van der Waals surface area contributed by atoms with Gasteiger partial charge in [-0.2, -0.15) is 0 Å². The van der Waals surface area contributed by atoms with E-state index in [2.05, 4.69) is 50.2 Å². The highest BCUT2D eigenvalue weighted by atomic mass is 16.5. The van der Waals surface area contributed by atoms with Crippen LogP contribution in [0.2, 0.25) is 0 Å². The predicted molar refractivity (Wildman–Crippen MR) is 88.4 cm³/mol. The highest BCUT2D eigenvalue weighted by Gasteiger charge is 2.14. The van der Waals surface area contributed by atoms with Gasteiger partial charge in [-0.3, -0.25) is 0 Å². The molecule has 2 aromatic carbocycles. The number of ether oxygens (including phenoxy) is 2. The molecule has 2 heteroatoms. The Labute approximate surface area is 127 Å². The van der Waals surface area contributed by atoms with Gasteiger partial charge in [0.15, 0.2) is 0 Å². The lowest BCUT2D eigenvalue weighted by Gasteiger charge is -2.15. The Morgan fingerprint density at radius 3 is 1.81 bits per heavy atom. The molecule has 0 aliphatic heterocycles. The van der Waals surface area contributed by atoms with Gasteiger partial charge in [-0.25, -0.2) is 0 Å². The van der Waals surface area contributed by atoms with E-state index in [1.165, 1.54) is 11.1 Å². The van der Waals surface area contributed by atoms with E-state index in [0.717, 1.165) is 41.9 Å². The summed E-state index contributed by atoms with van der Waals surface area (Å²) in [5.41, 5.74) is 4.74. The maximum Gasteiger partial charge on any atom is 0.130 e. The maximum atomic E-state index is 5.58. The topological polar surface area (TPSA) is 18.5 Å². The molecular formula is C19H24O2. The summed E-state index contributed by atoms with van der Waals surface area (Å²) in [6.07, 6.45) is 3.24. The molecule has 2 nitrogen and oxygen atoms in total. The average molecular weight is 284 g/mol. The second-order valence-electron chi connectivity index (χ2n) is 5.18. The minimum Gasteiger partial charge on any atom is -0.496 e. The monoisotopic (exact) mass is 284 g/mol. The molecule has 0 radical (unpaired) electrons. The highest BCUT2D eigenvalue weighted by Crippen LogP contribution is 2.39. The zero-order chi connectivity index (χ0) is 15.2. The SMILES string of the molecule is CCCc1ccc(-c2c(OC)cc(CC)cc2OC)cc1. The summed E-state index contributed by atoms with van der Waals surface area (Å²) >= 11 is 0. The summed E-state index contributed by atoms with van der Waals surface area (Å²) < 4.78 is 11.2. The van der Waals surface area contributed by atoms with Crippen molar-refractivity contribution in [2.45, 2.75) is 33.1 Å². The fourth-order valence-corrected chi connectivity index (χ4v) is 2.58. The molecule has 0 amide bonds. The van der Waals surface area contributed by atoms with Crippen molar-refractivity contribution in [3.8, 4) is 22.6 Å². The Morgan fingerprint density at radius 1 is 0.810 bits per heavy atom. The van der Waals surface area contributed by atoms with Crippen LogP contribution in [0.5, 0.6) is 11.5 Å². The van der Waals surface area contributed by atoms with Crippen LogP contribution in [-0.4, -0.2) is 14.2 Å². The molecule has 0 fully saturated rings. The molecule has 0 unspecified atom stereocenters. The standard InChI is InChI=1S/C19H24O2/c1-5-7-15-8-10-16(11-9-15)19-17(20-3)12-14(6-2)13-18(19)21-4/h8-13H,5-7H2,1-4H3. The third-order valence-corrected chi connectivity index (χ3v) is 3.76. The molecule has 21 heavy (non-hydrogen) atoms. The molecule has 0 spiro atoms. The van der Waals surface area contributed by atoms with Crippen molar-refractivity contribution in [3.63, 3.8) is 0 Å². The van der Waals surface area contributed by atoms with Gasteiger partial charge in [0, 0.05) is 0 Å². The third-order valence-electron chi connectivity index (χ3n) is 3.76. The fourth-order valence-electron chi connectivity index (χ4n) is 2.58. The van der Waals surface area contributed by atoms with Crippen molar-refractivity contribution in [1.29, 1.82) is 0 Å². The Bertz CT molecular complexity index is 560. The first-order valence-electron chi connectivity index (χ1n) is 7.57. The van der Waals surface area contributed by atoms with Crippen molar-refractivity contribution in [2.75, 3.05) is 14.2 Å². The van der Waals surface area contributed by atoms with Crippen LogP contribution >= 0.6 is 0 Å². The molecule has 0 aromatic heterocycles. The average Bonchev–Trinajstić information content (AvgIpc) is 2.54. The second-order valence-corrected chi connectivity index (χ2v) is 5.18. The number of rotatable bonds is 6. The van der Waals surface area contributed by atoms with Crippen LogP contribution in [0.4, 0.5) is 0 Å². The number of hydrogen-bond acceptors (Lipinski definition) is 2. The van der Waals surface area contributed by atoms with Crippen molar-refractivity contribution in [3.05, 3.63) is 47.5 Å². The molecule has 0 heterocycles. The molecule has 2 rings (SSSR count). The quantitative estimate of drug-likeness (QED) is 0.752. The van der Waals surface area contributed by atoms with Crippen LogP contribution in [0.15, 0.2) is 36.4 Å². The van der Waals surface area contributed by atoms with Crippen molar-refractivity contribution in [1.82, 2.24) is 0 Å². The number of benzene rings is 2. The van der Waals surface area contributed by atoms with Gasteiger partial charge in [-0.05, 0) is 41.7 Å². The summed E-state index contributed by atoms with van der Waals surface area (Å²) in [5, 5.41) is 0. The first kappa shape index (κ1) is 15.4. The van der Waals surface area contributed by atoms with Crippen LogP contribution in [0.3, 0.4) is 0 Å². The lowest BCUT2D eigenvalue weighted by Crippen LogP contribution is -1.96. The summed E-state index contributed by atoms with van der Waals surface area (Å²) in [7, 11) is 3.42. The van der Waals surface area contributed by atoms with E-state index in [9.17, 15) is 0 Å². The highest BCUT2D eigenvalue weighted by molar-refractivity contribution is 5.77. The van der Waals surface area contributed by atoms with E-state index in [4.69, 9.17) is 9.47 Å². The minimum atomic E-state index is 0.870. The van der Waals surface area contributed by atoms with Crippen LogP contribution in [0, 0.1) is 0 Å². The molecule has 0 aliphatic rings. The van der Waals surface area contributed by atoms with Crippen LogP contribution in [-0.2, 0) is 12.8 Å². The van der Waals surface area contributed by atoms with Gasteiger partial charge < -0.3 is 9.47 Å². The number of aryl methyl sites for hydroxylation is 2. The Kier molecular flexibility index (Phi) is 5.26.